The van der Waals surface area contributed by atoms with Gasteiger partial charge in [0.25, 0.3) is 10.0 Å². The molecule has 0 spiro atoms. The van der Waals surface area contributed by atoms with Gasteiger partial charge in [-0.1, -0.05) is 34.9 Å². The summed E-state index contributed by atoms with van der Waals surface area (Å²) in [6.45, 7) is 3.89. The first-order valence-electron chi connectivity index (χ1n) is 5.74. The van der Waals surface area contributed by atoms with E-state index in [-0.39, 0.29) is 16.7 Å². The van der Waals surface area contributed by atoms with Crippen LogP contribution in [0.3, 0.4) is 0 Å². The Balaban J connectivity index is 2.30. The van der Waals surface area contributed by atoms with Gasteiger partial charge in [0.15, 0.2) is 0 Å². The van der Waals surface area contributed by atoms with E-state index in [9.17, 15) is 8.42 Å². The molecule has 1 heterocycles. The van der Waals surface area contributed by atoms with Gasteiger partial charge in [-0.15, -0.1) is 0 Å². The smallest absolute Gasteiger partial charge is 0.265 e. The topological polar surface area (TPSA) is 72.2 Å². The molecule has 5 nitrogen and oxygen atoms in total. The predicted molar refractivity (Wildman–Crippen MR) is 83.2 cm³/mol. The van der Waals surface area contributed by atoms with Crippen molar-refractivity contribution in [2.75, 3.05) is 4.72 Å². The Morgan fingerprint density at radius 3 is 2.50 bits per heavy atom. The lowest BCUT2D eigenvalue weighted by molar-refractivity contribution is 0.423. The van der Waals surface area contributed by atoms with Crippen molar-refractivity contribution in [1.29, 1.82) is 0 Å². The minimum Gasteiger partial charge on any atom is -0.338 e. The maximum Gasteiger partial charge on any atom is 0.265 e. The van der Waals surface area contributed by atoms with E-state index in [1.54, 1.807) is 18.2 Å². The first-order chi connectivity index (χ1) is 9.29. The van der Waals surface area contributed by atoms with Gasteiger partial charge < -0.3 is 4.52 Å². The Morgan fingerprint density at radius 2 is 1.95 bits per heavy atom. The number of anilines is 1. The zero-order chi connectivity index (χ0) is 14.9. The molecule has 0 bridgehead atoms. The summed E-state index contributed by atoms with van der Waals surface area (Å²) in [6, 6.07) is 6.39. The first kappa shape index (κ1) is 15.5. The predicted octanol–water partition coefficient (Wildman–Crippen LogP) is 4.12. The number of benzene rings is 1. The van der Waals surface area contributed by atoms with Gasteiger partial charge in [0, 0.05) is 15.0 Å². The van der Waals surface area contributed by atoms with Crippen LogP contribution in [0.1, 0.15) is 25.5 Å². The zero-order valence-corrected chi connectivity index (χ0v) is 14.7. The summed E-state index contributed by atoms with van der Waals surface area (Å²) in [5.41, 5.74) is 0.692. The van der Waals surface area contributed by atoms with E-state index >= 15 is 0 Å². The van der Waals surface area contributed by atoms with Crippen molar-refractivity contribution in [3.63, 3.8) is 0 Å². The van der Waals surface area contributed by atoms with Crippen LogP contribution in [0.15, 0.2) is 42.6 Å². The Morgan fingerprint density at radius 1 is 1.25 bits per heavy atom. The standard InChI is InChI=1S/C12H12Br2N2O3S/c1-7(2)10-6-12(19-15-10)16-20(17,18)11-4-3-8(13)5-9(11)14/h3-7,16H,1-2H3. The highest BCUT2D eigenvalue weighted by Crippen LogP contribution is 2.28. The maximum absolute atomic E-state index is 12.3. The van der Waals surface area contributed by atoms with Crippen molar-refractivity contribution in [3.05, 3.63) is 38.9 Å². The largest absolute Gasteiger partial charge is 0.338 e. The van der Waals surface area contributed by atoms with E-state index in [4.69, 9.17) is 4.52 Å². The van der Waals surface area contributed by atoms with Crippen LogP contribution in [-0.2, 0) is 10.0 Å². The molecule has 0 aliphatic heterocycles. The summed E-state index contributed by atoms with van der Waals surface area (Å²) in [6.07, 6.45) is 0. The minimum atomic E-state index is -3.72. The highest BCUT2D eigenvalue weighted by molar-refractivity contribution is 9.11. The number of hydrogen-bond acceptors (Lipinski definition) is 4. The SMILES string of the molecule is CC(C)c1cc(NS(=O)(=O)c2ccc(Br)cc2Br)on1. The fourth-order valence-electron chi connectivity index (χ4n) is 1.49. The van der Waals surface area contributed by atoms with Crippen LogP contribution in [0.5, 0.6) is 0 Å². The number of sulfonamides is 1. The molecule has 8 heteroatoms. The summed E-state index contributed by atoms with van der Waals surface area (Å²) >= 11 is 6.50. The molecule has 0 aliphatic rings. The van der Waals surface area contributed by atoms with Gasteiger partial charge in [-0.3, -0.25) is 0 Å². The Bertz CT molecular complexity index is 726. The van der Waals surface area contributed by atoms with E-state index in [1.807, 2.05) is 13.8 Å². The molecule has 0 unspecified atom stereocenters. The van der Waals surface area contributed by atoms with Crippen LogP contribution in [0.25, 0.3) is 0 Å². The lowest BCUT2D eigenvalue weighted by Crippen LogP contribution is -2.13. The summed E-state index contributed by atoms with van der Waals surface area (Å²) < 4.78 is 33.1. The summed E-state index contributed by atoms with van der Waals surface area (Å²) in [7, 11) is -3.72. The molecule has 0 radical (unpaired) electrons. The van der Waals surface area contributed by atoms with Gasteiger partial charge in [-0.25, -0.2) is 13.1 Å². The van der Waals surface area contributed by atoms with Crippen molar-refractivity contribution in [2.45, 2.75) is 24.7 Å². The number of nitrogens with one attached hydrogen (secondary N) is 1. The van der Waals surface area contributed by atoms with Gasteiger partial charge in [-0.05, 0) is 40.0 Å². The van der Waals surface area contributed by atoms with E-state index in [1.165, 1.54) is 6.07 Å². The molecule has 0 saturated heterocycles. The molecular weight excluding hydrogens is 412 g/mol. The normalized spacial score (nSPS) is 11.8. The maximum atomic E-state index is 12.3. The van der Waals surface area contributed by atoms with Crippen LogP contribution in [-0.4, -0.2) is 13.6 Å². The lowest BCUT2D eigenvalue weighted by Gasteiger charge is -2.07. The number of hydrogen-bond donors (Lipinski definition) is 1. The summed E-state index contributed by atoms with van der Waals surface area (Å²) in [5.74, 6) is 0.264. The molecule has 0 saturated carbocycles. The molecule has 0 fully saturated rings. The van der Waals surface area contributed by atoms with Crippen LogP contribution < -0.4 is 4.72 Å². The second kappa shape index (κ2) is 5.87. The summed E-state index contributed by atoms with van der Waals surface area (Å²) in [5, 5.41) is 3.81. The van der Waals surface area contributed by atoms with Crippen molar-refractivity contribution < 1.29 is 12.9 Å². The van der Waals surface area contributed by atoms with E-state index in [0.717, 1.165) is 4.47 Å². The second-order valence-corrected chi connectivity index (χ2v) is 7.87. The average Bonchev–Trinajstić information content (AvgIpc) is 2.76. The molecule has 20 heavy (non-hydrogen) atoms. The van der Waals surface area contributed by atoms with E-state index in [2.05, 4.69) is 41.7 Å². The van der Waals surface area contributed by atoms with Crippen molar-refractivity contribution in [2.24, 2.45) is 0 Å². The number of rotatable bonds is 4. The molecule has 108 valence electrons. The van der Waals surface area contributed by atoms with Gasteiger partial charge in [0.05, 0.1) is 5.69 Å². The zero-order valence-electron chi connectivity index (χ0n) is 10.7. The Kier molecular flexibility index (Phi) is 4.55. The third-order valence-electron chi connectivity index (χ3n) is 2.54. The summed E-state index contributed by atoms with van der Waals surface area (Å²) in [4.78, 5) is 0.128. The average molecular weight is 424 g/mol. The highest BCUT2D eigenvalue weighted by atomic mass is 79.9. The molecule has 1 aromatic heterocycles. The molecule has 1 aromatic carbocycles. The Labute approximate surface area is 134 Å². The quantitative estimate of drug-likeness (QED) is 0.802. The van der Waals surface area contributed by atoms with Gasteiger partial charge in [0.1, 0.15) is 4.90 Å². The van der Waals surface area contributed by atoms with Gasteiger partial charge in [-0.2, -0.15) is 0 Å². The monoisotopic (exact) mass is 422 g/mol. The lowest BCUT2D eigenvalue weighted by atomic mass is 10.1. The van der Waals surface area contributed by atoms with E-state index < -0.39 is 10.0 Å². The molecule has 0 atom stereocenters. The van der Waals surface area contributed by atoms with Gasteiger partial charge >= 0.3 is 0 Å². The third-order valence-corrected chi connectivity index (χ3v) is 5.36. The fraction of sp³-hybridized carbons (Fsp3) is 0.250. The Hall–Kier alpha value is -0.860. The molecular formula is C12H12Br2N2O3S. The van der Waals surface area contributed by atoms with Crippen molar-refractivity contribution >= 4 is 47.8 Å². The number of halogens is 2. The van der Waals surface area contributed by atoms with Crippen LogP contribution in [0.2, 0.25) is 0 Å². The van der Waals surface area contributed by atoms with Crippen molar-refractivity contribution in [3.8, 4) is 0 Å². The van der Waals surface area contributed by atoms with Crippen molar-refractivity contribution in [1.82, 2.24) is 5.16 Å². The third kappa shape index (κ3) is 3.42. The molecule has 0 amide bonds. The number of nitrogens with zero attached hydrogens (tertiary/aromatic N) is 1. The molecule has 2 rings (SSSR count). The molecule has 2 aromatic rings. The van der Waals surface area contributed by atoms with Crippen LogP contribution in [0, 0.1) is 0 Å². The molecule has 0 aliphatic carbocycles. The van der Waals surface area contributed by atoms with Crippen LogP contribution >= 0.6 is 31.9 Å². The molecule has 1 N–H and O–H groups in total. The van der Waals surface area contributed by atoms with E-state index in [0.29, 0.717) is 10.2 Å². The minimum absolute atomic E-state index is 0.100. The number of aromatic nitrogens is 1. The highest BCUT2D eigenvalue weighted by Gasteiger charge is 2.20. The first-order valence-corrected chi connectivity index (χ1v) is 8.81. The second-order valence-electron chi connectivity index (χ2n) is 4.45. The van der Waals surface area contributed by atoms with Crippen LogP contribution in [0.4, 0.5) is 5.88 Å². The van der Waals surface area contributed by atoms with Gasteiger partial charge in [0.2, 0.25) is 5.88 Å². The fourth-order valence-corrected chi connectivity index (χ4v) is 4.21.